The lowest BCUT2D eigenvalue weighted by Gasteiger charge is -2.32. The molecule has 1 aliphatic heterocycles. The number of piperidine rings is 1. The normalized spacial score (nSPS) is 21.7. The number of rotatable bonds is 5. The van der Waals surface area contributed by atoms with Crippen LogP contribution in [0.15, 0.2) is 0 Å². The molecule has 0 aromatic rings. The van der Waals surface area contributed by atoms with Crippen LogP contribution in [0.25, 0.3) is 0 Å². The van der Waals surface area contributed by atoms with E-state index in [0.717, 1.165) is 45.4 Å². The highest BCUT2D eigenvalue weighted by atomic mass is 16.5. The molecule has 1 aliphatic rings. The smallest absolute Gasteiger partial charge is 0.222 e. The van der Waals surface area contributed by atoms with E-state index >= 15 is 0 Å². The first-order valence-corrected chi connectivity index (χ1v) is 6.04. The monoisotopic (exact) mass is 213 g/mol. The fourth-order valence-corrected chi connectivity index (χ4v) is 2.15. The number of hydrogen-bond donors (Lipinski definition) is 0. The number of hydrogen-bond acceptors (Lipinski definition) is 2. The second kappa shape index (κ2) is 6.83. The number of ether oxygens (including phenoxy) is 1. The van der Waals surface area contributed by atoms with Crippen molar-refractivity contribution < 1.29 is 9.53 Å². The van der Waals surface area contributed by atoms with Crippen molar-refractivity contribution >= 4 is 5.91 Å². The van der Waals surface area contributed by atoms with E-state index in [-0.39, 0.29) is 0 Å². The molecule has 0 radical (unpaired) electrons. The van der Waals surface area contributed by atoms with Crippen LogP contribution < -0.4 is 0 Å². The fraction of sp³-hybridized carbons (Fsp3) is 0.917. The number of nitrogens with zero attached hydrogens (tertiary/aromatic N) is 1. The Balaban J connectivity index is 2.31. The summed E-state index contributed by atoms with van der Waals surface area (Å²) in [6.07, 6.45) is 5.17. The third-order valence-electron chi connectivity index (χ3n) is 3.02. The third-order valence-corrected chi connectivity index (χ3v) is 3.02. The van der Waals surface area contributed by atoms with Gasteiger partial charge in [-0.2, -0.15) is 0 Å². The van der Waals surface area contributed by atoms with Gasteiger partial charge in [0.1, 0.15) is 0 Å². The van der Waals surface area contributed by atoms with Crippen LogP contribution in [0.4, 0.5) is 0 Å². The van der Waals surface area contributed by atoms with Crippen molar-refractivity contribution in [1.82, 2.24) is 4.90 Å². The highest BCUT2D eigenvalue weighted by molar-refractivity contribution is 5.76. The van der Waals surface area contributed by atoms with Gasteiger partial charge in [-0.3, -0.25) is 4.79 Å². The van der Waals surface area contributed by atoms with E-state index in [1.807, 2.05) is 4.90 Å². The van der Waals surface area contributed by atoms with E-state index < -0.39 is 0 Å². The van der Waals surface area contributed by atoms with Crippen LogP contribution in [0, 0.1) is 5.92 Å². The Morgan fingerprint density at radius 1 is 1.53 bits per heavy atom. The maximum absolute atomic E-state index is 11.8. The highest BCUT2D eigenvalue weighted by Crippen LogP contribution is 2.17. The number of unbranched alkanes of at least 4 members (excludes halogenated alkanes) is 1. The van der Waals surface area contributed by atoms with E-state index in [1.54, 1.807) is 7.11 Å². The third kappa shape index (κ3) is 4.20. The topological polar surface area (TPSA) is 29.5 Å². The Kier molecular flexibility index (Phi) is 5.69. The minimum Gasteiger partial charge on any atom is -0.384 e. The van der Waals surface area contributed by atoms with E-state index in [4.69, 9.17) is 4.74 Å². The number of carbonyl (C=O) groups is 1. The molecular weight excluding hydrogens is 190 g/mol. The lowest BCUT2D eigenvalue weighted by molar-refractivity contribution is -0.133. The number of amides is 1. The van der Waals surface area contributed by atoms with Gasteiger partial charge in [0.15, 0.2) is 0 Å². The molecule has 0 aromatic heterocycles. The highest BCUT2D eigenvalue weighted by Gasteiger charge is 2.22. The summed E-state index contributed by atoms with van der Waals surface area (Å²) in [6, 6.07) is 0. The first-order valence-electron chi connectivity index (χ1n) is 6.04. The Hall–Kier alpha value is -0.570. The average molecular weight is 213 g/mol. The Labute approximate surface area is 92.8 Å². The fourth-order valence-electron chi connectivity index (χ4n) is 2.15. The quantitative estimate of drug-likeness (QED) is 0.699. The first kappa shape index (κ1) is 12.5. The lowest BCUT2D eigenvalue weighted by Crippen LogP contribution is -2.41. The summed E-state index contributed by atoms with van der Waals surface area (Å²) in [5.74, 6) is 0.881. The van der Waals surface area contributed by atoms with Gasteiger partial charge in [-0.25, -0.2) is 0 Å². The number of carbonyl (C=O) groups excluding carboxylic acids is 1. The summed E-state index contributed by atoms with van der Waals surface area (Å²) in [6.45, 7) is 4.76. The SMILES string of the molecule is CCCCC(=O)N1CCCC(COC)C1. The summed E-state index contributed by atoms with van der Waals surface area (Å²) in [5.41, 5.74) is 0. The van der Waals surface area contributed by atoms with Crippen LogP contribution in [0.2, 0.25) is 0 Å². The van der Waals surface area contributed by atoms with Crippen LogP contribution in [-0.4, -0.2) is 37.6 Å². The predicted octanol–water partition coefficient (Wildman–Crippen LogP) is 2.06. The zero-order valence-electron chi connectivity index (χ0n) is 10.00. The van der Waals surface area contributed by atoms with Crippen molar-refractivity contribution in [2.24, 2.45) is 5.92 Å². The van der Waals surface area contributed by atoms with Gasteiger partial charge in [-0.1, -0.05) is 13.3 Å². The Morgan fingerprint density at radius 2 is 2.33 bits per heavy atom. The maximum Gasteiger partial charge on any atom is 0.222 e. The zero-order chi connectivity index (χ0) is 11.1. The van der Waals surface area contributed by atoms with Gasteiger partial charge >= 0.3 is 0 Å². The van der Waals surface area contributed by atoms with Crippen LogP contribution in [0.5, 0.6) is 0 Å². The molecule has 1 unspecified atom stereocenters. The van der Waals surface area contributed by atoms with Crippen LogP contribution >= 0.6 is 0 Å². The first-order chi connectivity index (χ1) is 7.27. The summed E-state index contributed by atoms with van der Waals surface area (Å²) >= 11 is 0. The minimum absolute atomic E-state index is 0.331. The molecule has 1 rings (SSSR count). The standard InChI is InChI=1S/C12H23NO2/c1-3-4-7-12(14)13-8-5-6-11(9-13)10-15-2/h11H,3-10H2,1-2H3. The molecule has 1 saturated heterocycles. The molecule has 0 N–H and O–H groups in total. The zero-order valence-corrected chi connectivity index (χ0v) is 10.00. The van der Waals surface area contributed by atoms with Crippen LogP contribution in [-0.2, 0) is 9.53 Å². The van der Waals surface area contributed by atoms with Gasteiger partial charge in [-0.15, -0.1) is 0 Å². The predicted molar refractivity (Wildman–Crippen MR) is 60.7 cm³/mol. The maximum atomic E-state index is 11.8. The molecule has 0 saturated carbocycles. The second-order valence-electron chi connectivity index (χ2n) is 4.41. The van der Waals surface area contributed by atoms with Gasteiger partial charge in [0, 0.05) is 26.6 Å². The molecule has 0 aliphatic carbocycles. The van der Waals surface area contributed by atoms with E-state index in [2.05, 4.69) is 6.92 Å². The molecular formula is C12H23NO2. The van der Waals surface area contributed by atoms with Gasteiger partial charge in [0.25, 0.3) is 0 Å². The molecule has 1 heterocycles. The molecule has 1 atom stereocenters. The van der Waals surface area contributed by atoms with Gasteiger partial charge in [0.2, 0.25) is 5.91 Å². The van der Waals surface area contributed by atoms with Gasteiger partial charge < -0.3 is 9.64 Å². The summed E-state index contributed by atoms with van der Waals surface area (Å²) in [5, 5.41) is 0. The molecule has 3 heteroatoms. The van der Waals surface area contributed by atoms with Crippen LogP contribution in [0.1, 0.15) is 39.0 Å². The molecule has 15 heavy (non-hydrogen) atoms. The molecule has 0 spiro atoms. The van der Waals surface area contributed by atoms with Crippen molar-refractivity contribution in [3.63, 3.8) is 0 Å². The largest absolute Gasteiger partial charge is 0.384 e. The second-order valence-corrected chi connectivity index (χ2v) is 4.41. The van der Waals surface area contributed by atoms with Gasteiger partial charge in [0.05, 0.1) is 6.61 Å². The molecule has 88 valence electrons. The molecule has 0 aromatic carbocycles. The van der Waals surface area contributed by atoms with Gasteiger partial charge in [-0.05, 0) is 25.2 Å². The van der Waals surface area contributed by atoms with Crippen molar-refractivity contribution in [2.75, 3.05) is 26.8 Å². The number of methoxy groups -OCH3 is 1. The van der Waals surface area contributed by atoms with E-state index in [1.165, 1.54) is 6.42 Å². The Morgan fingerprint density at radius 3 is 3.00 bits per heavy atom. The summed E-state index contributed by atoms with van der Waals surface area (Å²) in [4.78, 5) is 13.8. The van der Waals surface area contributed by atoms with Crippen LogP contribution in [0.3, 0.4) is 0 Å². The Bertz CT molecular complexity index is 192. The van der Waals surface area contributed by atoms with Crippen molar-refractivity contribution in [2.45, 2.75) is 39.0 Å². The van der Waals surface area contributed by atoms with Crippen molar-refractivity contribution in [3.8, 4) is 0 Å². The molecule has 0 bridgehead atoms. The van der Waals surface area contributed by atoms with Crippen molar-refractivity contribution in [1.29, 1.82) is 0 Å². The summed E-state index contributed by atoms with van der Waals surface area (Å²) < 4.78 is 5.15. The van der Waals surface area contributed by atoms with Crippen molar-refractivity contribution in [3.05, 3.63) is 0 Å². The molecule has 3 nitrogen and oxygen atoms in total. The lowest BCUT2D eigenvalue weighted by atomic mass is 9.98. The van der Waals surface area contributed by atoms with E-state index in [0.29, 0.717) is 11.8 Å². The average Bonchev–Trinajstić information content (AvgIpc) is 2.27. The van der Waals surface area contributed by atoms with E-state index in [9.17, 15) is 4.79 Å². The molecule has 1 fully saturated rings. The molecule has 1 amide bonds. The summed E-state index contributed by atoms with van der Waals surface area (Å²) in [7, 11) is 1.73. The minimum atomic E-state index is 0.331. The number of likely N-dealkylation sites (tertiary alicyclic amines) is 1.